The largest absolute Gasteiger partial charge is 0.493 e. The van der Waals surface area contributed by atoms with Crippen LogP contribution in [0.4, 0.5) is 0 Å². The molecule has 2 rings (SSSR count). The molecule has 1 heterocycles. The van der Waals surface area contributed by atoms with Gasteiger partial charge in [-0.15, -0.1) is 11.6 Å². The number of rotatable bonds is 5. The maximum atomic E-state index is 5.94. The maximum Gasteiger partial charge on any atom is 0.161 e. The normalized spacial score (nSPS) is 19.7. The summed E-state index contributed by atoms with van der Waals surface area (Å²) in [5.74, 6) is 2.60. The Morgan fingerprint density at radius 1 is 1.32 bits per heavy atom. The van der Waals surface area contributed by atoms with Crippen LogP contribution in [0, 0.1) is 5.92 Å². The summed E-state index contributed by atoms with van der Waals surface area (Å²) in [5.41, 5.74) is 2.50. The first-order valence-corrected chi connectivity index (χ1v) is 7.17. The Hall–Kier alpha value is -0.930. The van der Waals surface area contributed by atoms with Gasteiger partial charge in [-0.2, -0.15) is 0 Å². The van der Waals surface area contributed by atoms with Crippen molar-refractivity contribution in [2.45, 2.75) is 25.9 Å². The zero-order valence-corrected chi connectivity index (χ0v) is 12.5. The molecule has 0 bridgehead atoms. The number of hydrogen-bond acceptors (Lipinski definition) is 3. The van der Waals surface area contributed by atoms with Gasteiger partial charge in [-0.05, 0) is 42.0 Å². The van der Waals surface area contributed by atoms with Crippen molar-refractivity contribution >= 4 is 11.6 Å². The second kappa shape index (κ2) is 6.49. The van der Waals surface area contributed by atoms with Crippen LogP contribution in [0.25, 0.3) is 0 Å². The SMILES string of the molecule is COc1cc2c(cc1OC)C(C(C)CCCl)OCC2. The highest BCUT2D eigenvalue weighted by Gasteiger charge is 2.27. The molecule has 0 spiro atoms. The molecule has 0 fully saturated rings. The van der Waals surface area contributed by atoms with Crippen molar-refractivity contribution in [3.8, 4) is 11.5 Å². The number of methoxy groups -OCH3 is 2. The third-order valence-corrected chi connectivity index (χ3v) is 3.92. The van der Waals surface area contributed by atoms with Gasteiger partial charge in [0, 0.05) is 5.88 Å². The monoisotopic (exact) mass is 284 g/mol. The van der Waals surface area contributed by atoms with E-state index >= 15 is 0 Å². The van der Waals surface area contributed by atoms with Gasteiger partial charge in [-0.1, -0.05) is 6.92 Å². The van der Waals surface area contributed by atoms with E-state index in [0.29, 0.717) is 11.8 Å². The Morgan fingerprint density at radius 3 is 2.63 bits per heavy atom. The third kappa shape index (κ3) is 2.98. The fourth-order valence-corrected chi connectivity index (χ4v) is 2.94. The Morgan fingerprint density at radius 2 is 2.00 bits per heavy atom. The second-order valence-electron chi connectivity index (χ2n) is 4.90. The fraction of sp³-hybridized carbons (Fsp3) is 0.600. The highest BCUT2D eigenvalue weighted by Crippen LogP contribution is 2.40. The summed E-state index contributed by atoms with van der Waals surface area (Å²) in [5, 5.41) is 0. The maximum absolute atomic E-state index is 5.94. The number of benzene rings is 1. The Bertz CT molecular complexity index is 434. The summed E-state index contributed by atoms with van der Waals surface area (Å²) in [6, 6.07) is 4.11. The van der Waals surface area contributed by atoms with Crippen molar-refractivity contribution < 1.29 is 14.2 Å². The molecule has 0 radical (unpaired) electrons. The summed E-state index contributed by atoms with van der Waals surface area (Å²) in [6.07, 6.45) is 1.96. The van der Waals surface area contributed by atoms with Crippen LogP contribution < -0.4 is 9.47 Å². The van der Waals surface area contributed by atoms with Crippen molar-refractivity contribution in [2.75, 3.05) is 26.7 Å². The number of fused-ring (bicyclic) bond motifs is 1. The molecular weight excluding hydrogens is 264 g/mol. The molecule has 0 aromatic heterocycles. The quantitative estimate of drug-likeness (QED) is 0.774. The van der Waals surface area contributed by atoms with E-state index in [0.717, 1.165) is 30.9 Å². The minimum atomic E-state index is 0.0994. The molecule has 3 nitrogen and oxygen atoms in total. The summed E-state index contributed by atoms with van der Waals surface area (Å²) in [4.78, 5) is 0. The second-order valence-corrected chi connectivity index (χ2v) is 5.28. The molecule has 0 amide bonds. The minimum absolute atomic E-state index is 0.0994. The topological polar surface area (TPSA) is 27.7 Å². The summed E-state index contributed by atoms with van der Waals surface area (Å²) in [6.45, 7) is 2.93. The fourth-order valence-electron chi connectivity index (χ4n) is 2.60. The van der Waals surface area contributed by atoms with E-state index in [1.54, 1.807) is 14.2 Å². The first-order valence-electron chi connectivity index (χ1n) is 6.63. The van der Waals surface area contributed by atoms with Crippen molar-refractivity contribution in [3.05, 3.63) is 23.3 Å². The molecule has 106 valence electrons. The zero-order chi connectivity index (χ0) is 13.8. The lowest BCUT2D eigenvalue weighted by Crippen LogP contribution is -2.22. The summed E-state index contributed by atoms with van der Waals surface area (Å²) >= 11 is 5.85. The van der Waals surface area contributed by atoms with Gasteiger partial charge in [0.2, 0.25) is 0 Å². The molecule has 1 aromatic rings. The van der Waals surface area contributed by atoms with Gasteiger partial charge in [-0.3, -0.25) is 0 Å². The van der Waals surface area contributed by atoms with Gasteiger partial charge in [-0.25, -0.2) is 0 Å². The lowest BCUT2D eigenvalue weighted by atomic mass is 9.88. The number of ether oxygens (including phenoxy) is 3. The van der Waals surface area contributed by atoms with Crippen LogP contribution in [0.1, 0.15) is 30.6 Å². The highest BCUT2D eigenvalue weighted by atomic mass is 35.5. The molecule has 2 atom stereocenters. The average molecular weight is 285 g/mol. The van der Waals surface area contributed by atoms with Crippen LogP contribution in [-0.2, 0) is 11.2 Å². The van der Waals surface area contributed by atoms with Gasteiger partial charge in [0.25, 0.3) is 0 Å². The number of alkyl halides is 1. The summed E-state index contributed by atoms with van der Waals surface area (Å²) < 4.78 is 16.7. The van der Waals surface area contributed by atoms with E-state index in [1.807, 2.05) is 6.07 Å². The van der Waals surface area contributed by atoms with E-state index in [2.05, 4.69) is 13.0 Å². The molecule has 1 aromatic carbocycles. The lowest BCUT2D eigenvalue weighted by Gasteiger charge is -2.31. The smallest absolute Gasteiger partial charge is 0.161 e. The van der Waals surface area contributed by atoms with E-state index in [1.165, 1.54) is 11.1 Å². The third-order valence-electron chi connectivity index (χ3n) is 3.70. The first kappa shape index (κ1) is 14.5. The van der Waals surface area contributed by atoms with Crippen LogP contribution in [0.2, 0.25) is 0 Å². The molecule has 19 heavy (non-hydrogen) atoms. The van der Waals surface area contributed by atoms with Crippen LogP contribution in [0.15, 0.2) is 12.1 Å². The minimum Gasteiger partial charge on any atom is -0.493 e. The summed E-state index contributed by atoms with van der Waals surface area (Å²) in [7, 11) is 3.32. The van der Waals surface area contributed by atoms with Crippen LogP contribution in [0.3, 0.4) is 0 Å². The molecule has 4 heteroatoms. The van der Waals surface area contributed by atoms with E-state index in [4.69, 9.17) is 25.8 Å². The zero-order valence-electron chi connectivity index (χ0n) is 11.7. The van der Waals surface area contributed by atoms with Crippen LogP contribution >= 0.6 is 11.6 Å². The van der Waals surface area contributed by atoms with Gasteiger partial charge >= 0.3 is 0 Å². The predicted octanol–water partition coefficient (Wildman–Crippen LogP) is 3.58. The number of halogens is 1. The van der Waals surface area contributed by atoms with Crippen molar-refractivity contribution in [1.29, 1.82) is 0 Å². The van der Waals surface area contributed by atoms with E-state index in [9.17, 15) is 0 Å². The highest BCUT2D eigenvalue weighted by molar-refractivity contribution is 6.17. The molecule has 0 aliphatic carbocycles. The Labute approximate surface area is 119 Å². The van der Waals surface area contributed by atoms with Crippen molar-refractivity contribution in [2.24, 2.45) is 5.92 Å². The average Bonchev–Trinajstić information content (AvgIpc) is 2.45. The Kier molecular flexibility index (Phi) is 4.94. The van der Waals surface area contributed by atoms with Gasteiger partial charge in [0.1, 0.15) is 0 Å². The molecule has 1 aliphatic rings. The molecule has 0 saturated carbocycles. The molecule has 0 saturated heterocycles. The molecular formula is C15H21ClO3. The Balaban J connectivity index is 2.37. The van der Waals surface area contributed by atoms with E-state index < -0.39 is 0 Å². The van der Waals surface area contributed by atoms with Crippen LogP contribution in [-0.4, -0.2) is 26.7 Å². The molecule has 1 aliphatic heterocycles. The predicted molar refractivity (Wildman–Crippen MR) is 76.4 cm³/mol. The molecule has 2 unspecified atom stereocenters. The van der Waals surface area contributed by atoms with Gasteiger partial charge in [0.15, 0.2) is 11.5 Å². The number of hydrogen-bond donors (Lipinski definition) is 0. The van der Waals surface area contributed by atoms with E-state index in [-0.39, 0.29) is 6.10 Å². The first-order chi connectivity index (χ1) is 9.21. The standard InChI is InChI=1S/C15H21ClO3/c1-10(4-6-16)15-12-9-14(18-3)13(17-2)8-11(12)5-7-19-15/h8-10,15H,4-7H2,1-3H3. The van der Waals surface area contributed by atoms with Crippen molar-refractivity contribution in [1.82, 2.24) is 0 Å². The molecule has 0 N–H and O–H groups in total. The van der Waals surface area contributed by atoms with Gasteiger partial charge < -0.3 is 14.2 Å². The van der Waals surface area contributed by atoms with Gasteiger partial charge in [0.05, 0.1) is 26.9 Å². The van der Waals surface area contributed by atoms with Crippen LogP contribution in [0.5, 0.6) is 11.5 Å². The lowest BCUT2D eigenvalue weighted by molar-refractivity contribution is 0.00518. The van der Waals surface area contributed by atoms with Crippen molar-refractivity contribution in [3.63, 3.8) is 0 Å².